The summed E-state index contributed by atoms with van der Waals surface area (Å²) in [6, 6.07) is 11.3. The zero-order chi connectivity index (χ0) is 27.5. The highest BCUT2D eigenvalue weighted by atomic mass is 35.5. The second-order valence-corrected chi connectivity index (χ2v) is 10.3. The van der Waals surface area contributed by atoms with E-state index in [0.717, 1.165) is 29.8 Å². The van der Waals surface area contributed by atoms with E-state index in [2.05, 4.69) is 4.98 Å². The summed E-state index contributed by atoms with van der Waals surface area (Å²) in [6.07, 6.45) is 4.92. The number of carboxylic acids is 1. The van der Waals surface area contributed by atoms with Crippen molar-refractivity contribution in [1.29, 1.82) is 0 Å². The maximum Gasteiger partial charge on any atom is 0.303 e. The monoisotopic (exact) mass is 553 g/mol. The Kier molecular flexibility index (Phi) is 8.09. The molecule has 1 amide bonds. The van der Waals surface area contributed by atoms with Crippen LogP contribution in [-0.2, 0) is 14.3 Å². The molecule has 3 aromatic rings. The smallest absolute Gasteiger partial charge is 0.303 e. The summed E-state index contributed by atoms with van der Waals surface area (Å²) in [6.45, 7) is 1.22. The molecule has 2 atom stereocenters. The number of carbonyl (C=O) groups excluding carboxylic acids is 1. The van der Waals surface area contributed by atoms with Crippen molar-refractivity contribution in [1.82, 2.24) is 14.5 Å². The molecule has 2 aromatic heterocycles. The molecule has 4 heterocycles. The van der Waals surface area contributed by atoms with Crippen LogP contribution in [0.25, 0.3) is 5.69 Å². The Morgan fingerprint density at radius 2 is 1.95 bits per heavy atom. The van der Waals surface area contributed by atoms with Crippen molar-refractivity contribution in [3.8, 4) is 17.2 Å². The van der Waals surface area contributed by atoms with Gasteiger partial charge in [0.1, 0.15) is 17.9 Å². The highest BCUT2D eigenvalue weighted by Crippen LogP contribution is 2.45. The van der Waals surface area contributed by atoms with Crippen molar-refractivity contribution in [3.05, 3.63) is 70.8 Å². The van der Waals surface area contributed by atoms with E-state index >= 15 is 0 Å². The second-order valence-electron chi connectivity index (χ2n) is 9.90. The summed E-state index contributed by atoms with van der Waals surface area (Å²) in [5.74, 6) is 0.526. The molecule has 0 bridgehead atoms. The summed E-state index contributed by atoms with van der Waals surface area (Å²) in [7, 11) is 3.13. The first kappa shape index (κ1) is 27.0. The van der Waals surface area contributed by atoms with Gasteiger partial charge in [0, 0.05) is 48.6 Å². The molecule has 1 aromatic carbocycles. The van der Waals surface area contributed by atoms with Gasteiger partial charge in [0.05, 0.1) is 32.0 Å². The number of methoxy groups -OCH3 is 2. The number of rotatable bonds is 8. The first-order valence-electron chi connectivity index (χ1n) is 13.1. The molecule has 1 fully saturated rings. The number of carbonyl (C=O) groups is 2. The summed E-state index contributed by atoms with van der Waals surface area (Å²) < 4.78 is 20.0. The molecule has 10 heteroatoms. The van der Waals surface area contributed by atoms with Crippen LogP contribution in [0.2, 0.25) is 5.02 Å². The molecule has 2 aliphatic heterocycles. The Labute approximate surface area is 232 Å². The minimum absolute atomic E-state index is 0.00209. The fraction of sp³-hybridized carbons (Fsp3) is 0.414. The van der Waals surface area contributed by atoms with Gasteiger partial charge in [-0.05, 0) is 55.5 Å². The number of amides is 1. The molecule has 0 aliphatic carbocycles. The number of nitrogens with zero attached hydrogens (tertiary/aromatic N) is 3. The van der Waals surface area contributed by atoms with E-state index in [1.54, 1.807) is 26.5 Å². The van der Waals surface area contributed by atoms with Crippen molar-refractivity contribution < 1.29 is 28.9 Å². The van der Waals surface area contributed by atoms with E-state index in [9.17, 15) is 9.59 Å². The van der Waals surface area contributed by atoms with E-state index < -0.39 is 18.2 Å². The average Bonchev–Trinajstić information content (AvgIpc) is 3.39. The first-order chi connectivity index (χ1) is 18.9. The number of aliphatic carboxylic acids is 1. The second kappa shape index (κ2) is 11.7. The Morgan fingerprint density at radius 1 is 1.15 bits per heavy atom. The summed E-state index contributed by atoms with van der Waals surface area (Å²) in [5, 5.41) is 9.55. The minimum Gasteiger partial charge on any atom is -0.493 e. The third-order valence-corrected chi connectivity index (χ3v) is 7.84. The quantitative estimate of drug-likeness (QED) is 0.409. The van der Waals surface area contributed by atoms with E-state index in [1.165, 1.54) is 0 Å². The third-order valence-electron chi connectivity index (χ3n) is 7.60. The number of carboxylic acid groups (broad SMARTS) is 1. The van der Waals surface area contributed by atoms with Gasteiger partial charge < -0.3 is 28.8 Å². The maximum absolute atomic E-state index is 13.5. The molecule has 1 saturated heterocycles. The predicted octanol–water partition coefficient (Wildman–Crippen LogP) is 5.20. The normalized spacial score (nSPS) is 19.1. The van der Waals surface area contributed by atoms with Crippen molar-refractivity contribution in [2.75, 3.05) is 27.3 Å². The average molecular weight is 554 g/mol. The van der Waals surface area contributed by atoms with Crippen molar-refractivity contribution in [2.45, 2.75) is 44.3 Å². The molecule has 0 spiro atoms. The Bertz CT molecular complexity index is 1350. The van der Waals surface area contributed by atoms with Gasteiger partial charge >= 0.3 is 5.97 Å². The van der Waals surface area contributed by atoms with Crippen LogP contribution in [0.5, 0.6) is 11.5 Å². The van der Waals surface area contributed by atoms with Gasteiger partial charge in [-0.2, -0.15) is 0 Å². The highest BCUT2D eigenvalue weighted by molar-refractivity contribution is 6.30. The minimum atomic E-state index is -0.777. The standard InChI is InChI=1S/C29H32ClN3O6/c1-37-23-9-12-31-27(29(23)38-2)28-20-16-19(30)6-7-21(20)33-13-3-4-22(33)24(39-28)17-25(34)32-14-10-18(11-15-32)5-8-26(35)36/h3-4,6-7,9,12-13,16,18,24,28H,5,8,10-11,14-15,17H2,1-2H3,(H,35,36). The summed E-state index contributed by atoms with van der Waals surface area (Å²) in [5.41, 5.74) is 3.06. The number of ether oxygens (including phenoxy) is 3. The number of fused-ring (bicyclic) bond motifs is 3. The van der Waals surface area contributed by atoms with Crippen molar-refractivity contribution in [2.24, 2.45) is 5.92 Å². The first-order valence-corrected chi connectivity index (χ1v) is 13.5. The zero-order valence-electron chi connectivity index (χ0n) is 22.0. The highest BCUT2D eigenvalue weighted by Gasteiger charge is 2.36. The number of hydrogen-bond acceptors (Lipinski definition) is 6. The summed E-state index contributed by atoms with van der Waals surface area (Å²) >= 11 is 6.46. The van der Waals surface area contributed by atoms with Crippen LogP contribution < -0.4 is 9.47 Å². The zero-order valence-corrected chi connectivity index (χ0v) is 22.8. The largest absolute Gasteiger partial charge is 0.493 e. The molecule has 2 aliphatic rings. The van der Waals surface area contributed by atoms with E-state index in [-0.39, 0.29) is 18.7 Å². The SMILES string of the molecule is COc1ccnc(C2OC(CC(=O)N3CCC(CCC(=O)O)CC3)c3cccn3-c3ccc(Cl)cc32)c1OC. The molecule has 0 radical (unpaired) electrons. The van der Waals surface area contributed by atoms with Gasteiger partial charge in [0.25, 0.3) is 0 Å². The topological polar surface area (TPSA) is 103 Å². The van der Waals surface area contributed by atoms with E-state index in [1.807, 2.05) is 46.0 Å². The summed E-state index contributed by atoms with van der Waals surface area (Å²) in [4.78, 5) is 31.0. The van der Waals surface area contributed by atoms with E-state index in [0.29, 0.717) is 47.6 Å². The van der Waals surface area contributed by atoms with Gasteiger partial charge in [0.15, 0.2) is 11.5 Å². The van der Waals surface area contributed by atoms with Gasteiger partial charge in [-0.25, -0.2) is 0 Å². The number of pyridine rings is 1. The lowest BCUT2D eigenvalue weighted by Crippen LogP contribution is -2.39. The molecular formula is C29H32ClN3O6. The molecule has 1 N–H and O–H groups in total. The van der Waals surface area contributed by atoms with Crippen LogP contribution in [0.1, 0.15) is 61.3 Å². The van der Waals surface area contributed by atoms with Crippen molar-refractivity contribution in [3.63, 3.8) is 0 Å². The lowest BCUT2D eigenvalue weighted by atomic mass is 9.92. The number of likely N-dealkylation sites (tertiary alicyclic amines) is 1. The fourth-order valence-corrected chi connectivity index (χ4v) is 5.77. The van der Waals surface area contributed by atoms with Crippen LogP contribution in [0.3, 0.4) is 0 Å². The van der Waals surface area contributed by atoms with Crippen molar-refractivity contribution >= 4 is 23.5 Å². The number of hydrogen-bond donors (Lipinski definition) is 1. The number of piperidine rings is 1. The Hall–Kier alpha value is -3.56. The molecule has 9 nitrogen and oxygen atoms in total. The Morgan fingerprint density at radius 3 is 2.67 bits per heavy atom. The van der Waals surface area contributed by atoms with Gasteiger partial charge in [0.2, 0.25) is 5.91 Å². The van der Waals surface area contributed by atoms with Crippen LogP contribution in [0.15, 0.2) is 48.8 Å². The Balaban J connectivity index is 1.45. The molecular weight excluding hydrogens is 522 g/mol. The number of halogens is 1. The van der Waals surface area contributed by atoms with Gasteiger partial charge in [-0.1, -0.05) is 11.6 Å². The van der Waals surface area contributed by atoms with Gasteiger partial charge in [-0.15, -0.1) is 0 Å². The van der Waals surface area contributed by atoms with Crippen LogP contribution in [0.4, 0.5) is 0 Å². The number of benzene rings is 1. The van der Waals surface area contributed by atoms with E-state index in [4.69, 9.17) is 30.9 Å². The van der Waals surface area contributed by atoms with Crippen LogP contribution >= 0.6 is 11.6 Å². The van der Waals surface area contributed by atoms with Crippen LogP contribution in [0, 0.1) is 5.92 Å². The number of aromatic nitrogens is 2. The predicted molar refractivity (Wildman–Crippen MR) is 145 cm³/mol. The lowest BCUT2D eigenvalue weighted by Gasteiger charge is -2.33. The maximum atomic E-state index is 13.5. The third kappa shape index (κ3) is 5.60. The molecule has 39 heavy (non-hydrogen) atoms. The van der Waals surface area contributed by atoms with Gasteiger partial charge in [-0.3, -0.25) is 14.6 Å². The molecule has 5 rings (SSSR count). The lowest BCUT2D eigenvalue weighted by molar-refractivity contribution is -0.139. The fourth-order valence-electron chi connectivity index (χ4n) is 5.59. The molecule has 2 unspecified atom stereocenters. The molecule has 0 saturated carbocycles. The molecule has 206 valence electrons. The van der Waals surface area contributed by atoms with Crippen LogP contribution in [-0.4, -0.2) is 58.7 Å².